The number of carbonyl (C=O) groups excluding carboxylic acids is 1. The maximum atomic E-state index is 12.3. The third-order valence-corrected chi connectivity index (χ3v) is 4.46. The molecule has 0 aliphatic rings. The molecule has 23 heavy (non-hydrogen) atoms. The molecule has 3 aromatic rings. The summed E-state index contributed by atoms with van der Waals surface area (Å²) in [7, 11) is 1.61. The third-order valence-electron chi connectivity index (χ3n) is 3.52. The summed E-state index contributed by atoms with van der Waals surface area (Å²) < 4.78 is 6.29. The fourth-order valence-corrected chi connectivity index (χ4v) is 3.14. The predicted octanol–water partition coefficient (Wildman–Crippen LogP) is 3.68. The molecule has 0 unspecified atom stereocenters. The van der Waals surface area contributed by atoms with Crippen molar-refractivity contribution in [2.24, 2.45) is 0 Å². The molecule has 0 spiro atoms. The Hall–Kier alpha value is -2.60. The van der Waals surface area contributed by atoms with E-state index >= 15 is 0 Å². The van der Waals surface area contributed by atoms with Crippen LogP contribution in [-0.2, 0) is 0 Å². The van der Waals surface area contributed by atoms with E-state index in [2.05, 4.69) is 15.8 Å². The number of hydrazine groups is 1. The lowest BCUT2D eigenvalue weighted by Gasteiger charge is -2.08. The quantitative estimate of drug-likeness (QED) is 0.718. The number of hydrogen-bond acceptors (Lipinski definition) is 5. The number of hydrogen-bond donors (Lipinski definition) is 2. The van der Waals surface area contributed by atoms with Gasteiger partial charge in [-0.2, -0.15) is 0 Å². The summed E-state index contributed by atoms with van der Waals surface area (Å²) in [6.45, 7) is 3.88. The number of benzene rings is 2. The first-order valence-corrected chi connectivity index (χ1v) is 7.97. The third kappa shape index (κ3) is 3.12. The van der Waals surface area contributed by atoms with Gasteiger partial charge in [0, 0.05) is 5.56 Å². The van der Waals surface area contributed by atoms with Crippen LogP contribution in [0.3, 0.4) is 0 Å². The van der Waals surface area contributed by atoms with Crippen LogP contribution in [0.5, 0.6) is 5.75 Å². The summed E-state index contributed by atoms with van der Waals surface area (Å²) in [5.74, 6) is 0.532. The van der Waals surface area contributed by atoms with Crippen molar-refractivity contribution < 1.29 is 9.53 Å². The van der Waals surface area contributed by atoms with Gasteiger partial charge in [-0.1, -0.05) is 35.1 Å². The standard InChI is InChI=1S/C17H17N3O2S/c1-10-7-8-11(2)12(9-10)16(21)19-20-17-18-15-13(22-3)5-4-6-14(15)23-17/h4-9H,1-3H3,(H,18,20)(H,19,21). The number of aromatic nitrogens is 1. The SMILES string of the molecule is COc1cccc2sc(NNC(=O)c3cc(C)ccc3C)nc12. The van der Waals surface area contributed by atoms with Crippen molar-refractivity contribution in [2.45, 2.75) is 13.8 Å². The molecule has 2 N–H and O–H groups in total. The normalized spacial score (nSPS) is 10.6. The first-order valence-electron chi connectivity index (χ1n) is 7.15. The van der Waals surface area contributed by atoms with Gasteiger partial charge >= 0.3 is 0 Å². The maximum absolute atomic E-state index is 12.3. The predicted molar refractivity (Wildman–Crippen MR) is 93.2 cm³/mol. The molecule has 1 heterocycles. The van der Waals surface area contributed by atoms with Crippen LogP contribution in [0.4, 0.5) is 5.13 Å². The summed E-state index contributed by atoms with van der Waals surface area (Å²) in [5, 5.41) is 0.614. The van der Waals surface area contributed by atoms with E-state index in [0.717, 1.165) is 21.3 Å². The molecule has 0 saturated carbocycles. The molecule has 0 radical (unpaired) electrons. The van der Waals surface area contributed by atoms with Gasteiger partial charge in [0.15, 0.2) is 0 Å². The number of aryl methyl sites for hydroxylation is 2. The second-order valence-corrected chi connectivity index (χ2v) is 6.25. The Morgan fingerprint density at radius 2 is 2.04 bits per heavy atom. The number of fused-ring (bicyclic) bond motifs is 1. The minimum Gasteiger partial charge on any atom is -0.494 e. The fraction of sp³-hybridized carbons (Fsp3) is 0.176. The summed E-state index contributed by atoms with van der Waals surface area (Å²) in [6.07, 6.45) is 0. The minimum absolute atomic E-state index is 0.183. The van der Waals surface area contributed by atoms with Crippen LogP contribution in [0.15, 0.2) is 36.4 Å². The van der Waals surface area contributed by atoms with E-state index in [0.29, 0.717) is 16.4 Å². The summed E-state index contributed by atoms with van der Waals surface area (Å²) in [6, 6.07) is 11.5. The smallest absolute Gasteiger partial charge is 0.269 e. The number of ether oxygens (including phenoxy) is 1. The fourth-order valence-electron chi connectivity index (χ4n) is 2.30. The first-order chi connectivity index (χ1) is 11.1. The molecule has 3 rings (SSSR count). The van der Waals surface area contributed by atoms with Crippen LogP contribution in [0.25, 0.3) is 10.2 Å². The van der Waals surface area contributed by atoms with Gasteiger partial charge in [0.25, 0.3) is 5.91 Å². The topological polar surface area (TPSA) is 63.2 Å². The molecule has 2 aromatic carbocycles. The number of para-hydroxylation sites is 1. The highest BCUT2D eigenvalue weighted by atomic mass is 32.1. The van der Waals surface area contributed by atoms with Crippen molar-refractivity contribution in [1.29, 1.82) is 0 Å². The van der Waals surface area contributed by atoms with Gasteiger partial charge in [-0.05, 0) is 37.6 Å². The molecule has 0 aliphatic heterocycles. The number of amides is 1. The average molecular weight is 327 g/mol. The van der Waals surface area contributed by atoms with Gasteiger partial charge in [0.05, 0.1) is 11.8 Å². The van der Waals surface area contributed by atoms with Crippen LogP contribution in [-0.4, -0.2) is 18.0 Å². The van der Waals surface area contributed by atoms with E-state index in [1.165, 1.54) is 11.3 Å². The second-order valence-electron chi connectivity index (χ2n) is 5.22. The molecule has 5 nitrogen and oxygen atoms in total. The molecular formula is C17H17N3O2S. The molecule has 0 bridgehead atoms. The Morgan fingerprint density at radius 3 is 2.83 bits per heavy atom. The molecular weight excluding hydrogens is 310 g/mol. The van der Waals surface area contributed by atoms with Crippen molar-refractivity contribution in [2.75, 3.05) is 12.5 Å². The molecule has 118 valence electrons. The minimum atomic E-state index is -0.183. The van der Waals surface area contributed by atoms with E-state index < -0.39 is 0 Å². The lowest BCUT2D eigenvalue weighted by molar-refractivity contribution is 0.0962. The van der Waals surface area contributed by atoms with E-state index in [1.807, 2.05) is 50.2 Å². The van der Waals surface area contributed by atoms with Crippen molar-refractivity contribution in [3.8, 4) is 5.75 Å². The summed E-state index contributed by atoms with van der Waals surface area (Å²) in [4.78, 5) is 16.8. The Kier molecular flexibility index (Phi) is 4.16. The van der Waals surface area contributed by atoms with Gasteiger partial charge in [0.1, 0.15) is 11.3 Å². The van der Waals surface area contributed by atoms with E-state index in [-0.39, 0.29) is 5.91 Å². The number of rotatable bonds is 4. The molecule has 0 atom stereocenters. The van der Waals surface area contributed by atoms with Crippen LogP contribution in [0.2, 0.25) is 0 Å². The number of nitrogens with zero attached hydrogens (tertiary/aromatic N) is 1. The molecule has 0 saturated heterocycles. The Morgan fingerprint density at radius 1 is 1.22 bits per heavy atom. The molecule has 6 heteroatoms. The first kappa shape index (κ1) is 15.3. The van der Waals surface area contributed by atoms with Gasteiger partial charge in [-0.3, -0.25) is 15.6 Å². The number of thiazole rings is 1. The average Bonchev–Trinajstić information content (AvgIpc) is 2.97. The zero-order chi connectivity index (χ0) is 16.4. The van der Waals surface area contributed by atoms with Gasteiger partial charge < -0.3 is 4.74 Å². The van der Waals surface area contributed by atoms with Gasteiger partial charge in [0.2, 0.25) is 5.13 Å². The monoisotopic (exact) mass is 327 g/mol. The Bertz CT molecular complexity index is 873. The second kappa shape index (κ2) is 6.26. The van der Waals surface area contributed by atoms with Crippen molar-refractivity contribution in [3.05, 3.63) is 53.1 Å². The highest BCUT2D eigenvalue weighted by Gasteiger charge is 2.11. The largest absolute Gasteiger partial charge is 0.494 e. The van der Waals surface area contributed by atoms with Crippen LogP contribution in [0, 0.1) is 13.8 Å². The Labute approximate surface area is 138 Å². The van der Waals surface area contributed by atoms with E-state index in [1.54, 1.807) is 7.11 Å². The van der Waals surface area contributed by atoms with Crippen LogP contribution in [0.1, 0.15) is 21.5 Å². The molecule has 1 amide bonds. The molecule has 0 fully saturated rings. The van der Waals surface area contributed by atoms with Crippen molar-refractivity contribution in [1.82, 2.24) is 10.4 Å². The van der Waals surface area contributed by atoms with E-state index in [9.17, 15) is 4.79 Å². The van der Waals surface area contributed by atoms with Crippen LogP contribution < -0.4 is 15.6 Å². The lowest BCUT2D eigenvalue weighted by atomic mass is 10.1. The number of anilines is 1. The number of methoxy groups -OCH3 is 1. The number of carbonyl (C=O) groups is 1. The van der Waals surface area contributed by atoms with E-state index in [4.69, 9.17) is 4.74 Å². The van der Waals surface area contributed by atoms with Crippen LogP contribution >= 0.6 is 11.3 Å². The Balaban J connectivity index is 1.78. The molecule has 0 aliphatic carbocycles. The van der Waals surface area contributed by atoms with Gasteiger partial charge in [-0.15, -0.1) is 0 Å². The zero-order valence-electron chi connectivity index (χ0n) is 13.1. The maximum Gasteiger partial charge on any atom is 0.269 e. The highest BCUT2D eigenvalue weighted by Crippen LogP contribution is 2.31. The van der Waals surface area contributed by atoms with Crippen molar-refractivity contribution >= 4 is 32.6 Å². The highest BCUT2D eigenvalue weighted by molar-refractivity contribution is 7.22. The summed E-state index contributed by atoms with van der Waals surface area (Å²) in [5.41, 5.74) is 8.99. The van der Waals surface area contributed by atoms with Gasteiger partial charge in [-0.25, -0.2) is 4.98 Å². The number of nitrogens with one attached hydrogen (secondary N) is 2. The van der Waals surface area contributed by atoms with Crippen molar-refractivity contribution in [3.63, 3.8) is 0 Å². The summed E-state index contributed by atoms with van der Waals surface area (Å²) >= 11 is 1.45. The lowest BCUT2D eigenvalue weighted by Crippen LogP contribution is -2.29. The molecule has 1 aromatic heterocycles. The zero-order valence-corrected chi connectivity index (χ0v) is 14.0.